The third-order valence-electron chi connectivity index (χ3n) is 3.61. The molecule has 1 heterocycles. The van der Waals surface area contributed by atoms with Crippen molar-refractivity contribution in [3.05, 3.63) is 28.8 Å². The van der Waals surface area contributed by atoms with E-state index in [2.05, 4.69) is 17.9 Å². The van der Waals surface area contributed by atoms with Gasteiger partial charge in [0, 0.05) is 23.8 Å². The van der Waals surface area contributed by atoms with Crippen molar-refractivity contribution < 1.29 is 9.53 Å². The molecule has 0 saturated carbocycles. The van der Waals surface area contributed by atoms with E-state index in [-0.39, 0.29) is 11.9 Å². The molecule has 2 rings (SSSR count). The van der Waals surface area contributed by atoms with Crippen molar-refractivity contribution in [2.45, 2.75) is 26.7 Å². The van der Waals surface area contributed by atoms with E-state index in [1.807, 2.05) is 19.1 Å². The highest BCUT2D eigenvalue weighted by Gasteiger charge is 2.26. The van der Waals surface area contributed by atoms with Crippen LogP contribution in [0.15, 0.2) is 18.2 Å². The van der Waals surface area contributed by atoms with Gasteiger partial charge in [-0.1, -0.05) is 11.6 Å². The average Bonchev–Trinajstić information content (AvgIpc) is 2.39. The summed E-state index contributed by atoms with van der Waals surface area (Å²) < 4.78 is 5.09. The van der Waals surface area contributed by atoms with E-state index in [4.69, 9.17) is 16.3 Å². The minimum absolute atomic E-state index is 0.0463. The summed E-state index contributed by atoms with van der Waals surface area (Å²) in [7, 11) is 0. The molecule has 1 aromatic carbocycles. The smallest absolute Gasteiger partial charge is 0.309 e. The van der Waals surface area contributed by atoms with Gasteiger partial charge >= 0.3 is 5.97 Å². The Bertz CT molecular complexity index is 453. The lowest BCUT2D eigenvalue weighted by Crippen LogP contribution is -2.37. The zero-order valence-corrected chi connectivity index (χ0v) is 12.2. The highest BCUT2D eigenvalue weighted by atomic mass is 35.5. The molecule has 1 aliphatic rings. The molecule has 1 aromatic rings. The van der Waals surface area contributed by atoms with Gasteiger partial charge in [0.05, 0.1) is 12.5 Å². The normalized spacial score (nSPS) is 16.5. The van der Waals surface area contributed by atoms with Crippen molar-refractivity contribution in [2.75, 3.05) is 24.6 Å². The van der Waals surface area contributed by atoms with Crippen molar-refractivity contribution >= 4 is 23.3 Å². The maximum atomic E-state index is 11.7. The van der Waals surface area contributed by atoms with Crippen molar-refractivity contribution in [3.63, 3.8) is 0 Å². The Labute approximate surface area is 119 Å². The first-order chi connectivity index (χ1) is 9.11. The number of nitrogens with zero attached hydrogens (tertiary/aromatic N) is 1. The minimum atomic E-state index is -0.0463. The average molecular weight is 282 g/mol. The molecule has 1 aliphatic heterocycles. The van der Waals surface area contributed by atoms with Gasteiger partial charge in [-0.15, -0.1) is 0 Å². The molecule has 3 nitrogen and oxygen atoms in total. The standard InChI is InChI=1S/C15H20ClNO2/c1-3-19-15(18)12-6-8-17(9-7-12)14-5-4-13(16)10-11(14)2/h4-5,10,12H,3,6-9H2,1-2H3. The van der Waals surface area contributed by atoms with Crippen LogP contribution in [0, 0.1) is 12.8 Å². The van der Waals surface area contributed by atoms with Gasteiger partial charge in [0.15, 0.2) is 0 Å². The van der Waals surface area contributed by atoms with Gasteiger partial charge < -0.3 is 9.64 Å². The number of aryl methyl sites for hydroxylation is 1. The molecule has 0 N–H and O–H groups in total. The molecule has 1 fully saturated rings. The molecular formula is C15H20ClNO2. The predicted molar refractivity (Wildman–Crippen MR) is 77.8 cm³/mol. The molecular weight excluding hydrogens is 262 g/mol. The number of hydrogen-bond donors (Lipinski definition) is 0. The van der Waals surface area contributed by atoms with Gasteiger partial charge in [-0.3, -0.25) is 4.79 Å². The third kappa shape index (κ3) is 3.41. The maximum absolute atomic E-state index is 11.7. The van der Waals surface area contributed by atoms with Crippen LogP contribution in [0.2, 0.25) is 5.02 Å². The second-order valence-corrected chi connectivity index (χ2v) is 5.38. The zero-order chi connectivity index (χ0) is 13.8. The maximum Gasteiger partial charge on any atom is 0.309 e. The van der Waals surface area contributed by atoms with Gasteiger partial charge in [-0.2, -0.15) is 0 Å². The Morgan fingerprint density at radius 3 is 2.68 bits per heavy atom. The van der Waals surface area contributed by atoms with Crippen molar-refractivity contribution in [1.82, 2.24) is 0 Å². The zero-order valence-electron chi connectivity index (χ0n) is 11.5. The molecule has 0 amide bonds. The second kappa shape index (κ2) is 6.29. The number of carbonyl (C=O) groups is 1. The molecule has 4 heteroatoms. The van der Waals surface area contributed by atoms with Gasteiger partial charge in [-0.25, -0.2) is 0 Å². The van der Waals surface area contributed by atoms with Crippen LogP contribution in [-0.2, 0) is 9.53 Å². The number of esters is 1. The lowest BCUT2D eigenvalue weighted by atomic mass is 9.96. The van der Waals surface area contributed by atoms with E-state index in [0.717, 1.165) is 31.0 Å². The topological polar surface area (TPSA) is 29.5 Å². The van der Waals surface area contributed by atoms with E-state index < -0.39 is 0 Å². The van der Waals surface area contributed by atoms with Crippen LogP contribution >= 0.6 is 11.6 Å². The Morgan fingerprint density at radius 2 is 2.11 bits per heavy atom. The van der Waals surface area contributed by atoms with E-state index in [1.165, 1.54) is 11.3 Å². The molecule has 1 saturated heterocycles. The van der Waals surface area contributed by atoms with E-state index in [1.54, 1.807) is 0 Å². The lowest BCUT2D eigenvalue weighted by molar-refractivity contribution is -0.148. The highest BCUT2D eigenvalue weighted by molar-refractivity contribution is 6.30. The Balaban J connectivity index is 1.98. The third-order valence-corrected chi connectivity index (χ3v) is 3.85. The summed E-state index contributed by atoms with van der Waals surface area (Å²) in [6, 6.07) is 5.96. The van der Waals surface area contributed by atoms with Crippen LogP contribution in [0.1, 0.15) is 25.3 Å². The summed E-state index contributed by atoms with van der Waals surface area (Å²) >= 11 is 5.98. The van der Waals surface area contributed by atoms with Crippen LogP contribution in [0.25, 0.3) is 0 Å². The molecule has 104 valence electrons. The summed E-state index contributed by atoms with van der Waals surface area (Å²) in [5.41, 5.74) is 2.40. The summed E-state index contributed by atoms with van der Waals surface area (Å²) in [5, 5.41) is 0.766. The number of halogens is 1. The molecule has 0 aromatic heterocycles. The summed E-state index contributed by atoms with van der Waals surface area (Å²) in [4.78, 5) is 14.0. The Kier molecular flexibility index (Phi) is 4.70. The van der Waals surface area contributed by atoms with Crippen LogP contribution in [0.4, 0.5) is 5.69 Å². The van der Waals surface area contributed by atoms with Crippen molar-refractivity contribution in [2.24, 2.45) is 5.92 Å². The fourth-order valence-electron chi connectivity index (χ4n) is 2.59. The fourth-order valence-corrected chi connectivity index (χ4v) is 2.82. The molecule has 19 heavy (non-hydrogen) atoms. The van der Waals surface area contributed by atoms with Crippen molar-refractivity contribution in [1.29, 1.82) is 0 Å². The number of rotatable bonds is 3. The molecule has 0 radical (unpaired) electrons. The van der Waals surface area contributed by atoms with E-state index in [0.29, 0.717) is 6.61 Å². The minimum Gasteiger partial charge on any atom is -0.466 e. The fraction of sp³-hybridized carbons (Fsp3) is 0.533. The summed E-state index contributed by atoms with van der Waals surface area (Å²) in [5.74, 6) is 0.0128. The van der Waals surface area contributed by atoms with Gasteiger partial charge in [0.2, 0.25) is 0 Å². The van der Waals surface area contributed by atoms with Crippen LogP contribution in [-0.4, -0.2) is 25.7 Å². The first-order valence-corrected chi connectivity index (χ1v) is 7.17. The van der Waals surface area contributed by atoms with Crippen LogP contribution in [0.5, 0.6) is 0 Å². The number of piperidine rings is 1. The lowest BCUT2D eigenvalue weighted by Gasteiger charge is -2.33. The Hall–Kier alpha value is -1.22. The van der Waals surface area contributed by atoms with Gasteiger partial charge in [0.25, 0.3) is 0 Å². The number of ether oxygens (including phenoxy) is 1. The molecule has 0 atom stereocenters. The second-order valence-electron chi connectivity index (χ2n) is 4.94. The first kappa shape index (κ1) is 14.2. The molecule has 0 unspecified atom stereocenters. The predicted octanol–water partition coefficient (Wildman–Crippen LogP) is 3.43. The van der Waals surface area contributed by atoms with Gasteiger partial charge in [-0.05, 0) is 50.5 Å². The number of carbonyl (C=O) groups excluding carboxylic acids is 1. The summed E-state index contributed by atoms with van der Waals surface area (Å²) in [6.07, 6.45) is 1.72. The van der Waals surface area contributed by atoms with E-state index in [9.17, 15) is 4.79 Å². The monoisotopic (exact) mass is 281 g/mol. The highest BCUT2D eigenvalue weighted by Crippen LogP contribution is 2.28. The summed E-state index contributed by atoms with van der Waals surface area (Å²) in [6.45, 7) is 6.18. The Morgan fingerprint density at radius 1 is 1.42 bits per heavy atom. The number of benzene rings is 1. The molecule has 0 spiro atoms. The van der Waals surface area contributed by atoms with E-state index >= 15 is 0 Å². The molecule has 0 bridgehead atoms. The van der Waals surface area contributed by atoms with Crippen LogP contribution < -0.4 is 4.90 Å². The quantitative estimate of drug-likeness (QED) is 0.795. The SMILES string of the molecule is CCOC(=O)C1CCN(c2ccc(Cl)cc2C)CC1. The first-order valence-electron chi connectivity index (χ1n) is 6.79. The number of hydrogen-bond acceptors (Lipinski definition) is 3. The molecule has 0 aliphatic carbocycles. The van der Waals surface area contributed by atoms with Crippen LogP contribution in [0.3, 0.4) is 0 Å². The van der Waals surface area contributed by atoms with Gasteiger partial charge in [0.1, 0.15) is 0 Å². The number of anilines is 1. The largest absolute Gasteiger partial charge is 0.466 e. The van der Waals surface area contributed by atoms with Crippen molar-refractivity contribution in [3.8, 4) is 0 Å².